The van der Waals surface area contributed by atoms with Gasteiger partial charge in [0.25, 0.3) is 0 Å². The Balaban J connectivity index is 1.66. The number of hydrogen-bond donors (Lipinski definition) is 1. The van der Waals surface area contributed by atoms with E-state index in [1.165, 1.54) is 37.8 Å². The Morgan fingerprint density at radius 3 is 2.42 bits per heavy atom. The van der Waals surface area contributed by atoms with Crippen LogP contribution in [-0.4, -0.2) is 31.1 Å². The van der Waals surface area contributed by atoms with Gasteiger partial charge in [-0.2, -0.15) is 0 Å². The molecule has 1 saturated carbocycles. The molecule has 1 aromatic carbocycles. The summed E-state index contributed by atoms with van der Waals surface area (Å²) in [5, 5.41) is 3.49. The predicted octanol–water partition coefficient (Wildman–Crippen LogP) is 4.00. The molecule has 1 aliphatic carbocycles. The average Bonchev–Trinajstić information content (AvgIpc) is 2.48. The van der Waals surface area contributed by atoms with Crippen molar-refractivity contribution in [1.29, 1.82) is 0 Å². The summed E-state index contributed by atoms with van der Waals surface area (Å²) in [6.45, 7) is 4.50. The molecule has 2 heteroatoms. The maximum absolute atomic E-state index is 3.49. The van der Waals surface area contributed by atoms with Gasteiger partial charge in [0.2, 0.25) is 0 Å². The molecule has 0 amide bonds. The zero-order valence-corrected chi connectivity index (χ0v) is 12.4. The van der Waals surface area contributed by atoms with Crippen molar-refractivity contribution in [2.75, 3.05) is 25.5 Å². The molecule has 1 aliphatic rings. The molecule has 19 heavy (non-hydrogen) atoms. The van der Waals surface area contributed by atoms with Crippen LogP contribution in [-0.2, 0) is 0 Å². The summed E-state index contributed by atoms with van der Waals surface area (Å²) >= 11 is 0. The number of likely N-dealkylation sites (N-methyl/N-ethyl adjacent to an activating group) is 1. The van der Waals surface area contributed by atoms with Crippen molar-refractivity contribution in [3.63, 3.8) is 0 Å². The normalized spacial score (nSPS) is 23.5. The van der Waals surface area contributed by atoms with Gasteiger partial charge in [-0.25, -0.2) is 0 Å². The van der Waals surface area contributed by atoms with Gasteiger partial charge in [0.15, 0.2) is 0 Å². The number of para-hydroxylation sites is 1. The summed E-state index contributed by atoms with van der Waals surface area (Å²) in [5.74, 6) is 0.993. The van der Waals surface area contributed by atoms with Gasteiger partial charge in [0.05, 0.1) is 0 Å². The van der Waals surface area contributed by atoms with Crippen LogP contribution in [0.4, 0.5) is 5.69 Å². The van der Waals surface area contributed by atoms with Crippen LogP contribution in [0.2, 0.25) is 0 Å². The molecule has 106 valence electrons. The lowest BCUT2D eigenvalue weighted by Crippen LogP contribution is -2.37. The molecule has 0 bridgehead atoms. The lowest BCUT2D eigenvalue weighted by atomic mass is 9.84. The zero-order valence-electron chi connectivity index (χ0n) is 12.4. The van der Waals surface area contributed by atoms with Crippen molar-refractivity contribution < 1.29 is 0 Å². The second-order valence-corrected chi connectivity index (χ2v) is 5.86. The van der Waals surface area contributed by atoms with Crippen molar-refractivity contribution in [2.45, 2.75) is 45.1 Å². The second-order valence-electron chi connectivity index (χ2n) is 5.86. The second kappa shape index (κ2) is 7.54. The number of nitrogens with one attached hydrogen (secondary N) is 1. The summed E-state index contributed by atoms with van der Waals surface area (Å²) in [5.41, 5.74) is 1.23. The number of nitrogens with zero attached hydrogens (tertiary/aromatic N) is 1. The van der Waals surface area contributed by atoms with Crippen LogP contribution in [0.3, 0.4) is 0 Å². The maximum Gasteiger partial charge on any atom is 0.0340 e. The minimum atomic E-state index is 0.806. The van der Waals surface area contributed by atoms with E-state index in [9.17, 15) is 0 Å². The van der Waals surface area contributed by atoms with Gasteiger partial charge >= 0.3 is 0 Å². The van der Waals surface area contributed by atoms with E-state index in [4.69, 9.17) is 0 Å². The molecule has 2 rings (SSSR count). The SMILES string of the molecule is CCC1CCC(N(C)CCNc2ccccc2)CC1. The molecule has 0 aromatic heterocycles. The summed E-state index contributed by atoms with van der Waals surface area (Å²) in [6, 6.07) is 11.3. The van der Waals surface area contributed by atoms with E-state index in [1.54, 1.807) is 0 Å². The third kappa shape index (κ3) is 4.54. The van der Waals surface area contributed by atoms with Gasteiger partial charge in [-0.05, 0) is 50.8 Å². The average molecular weight is 260 g/mol. The zero-order chi connectivity index (χ0) is 13.5. The van der Waals surface area contributed by atoms with E-state index in [1.807, 2.05) is 0 Å². The first kappa shape index (κ1) is 14.4. The Bertz CT molecular complexity index is 342. The van der Waals surface area contributed by atoms with Crippen LogP contribution in [0.25, 0.3) is 0 Å². The van der Waals surface area contributed by atoms with Crippen LogP contribution in [0.5, 0.6) is 0 Å². The highest BCUT2D eigenvalue weighted by molar-refractivity contribution is 5.42. The van der Waals surface area contributed by atoms with Crippen molar-refractivity contribution in [2.24, 2.45) is 5.92 Å². The molecule has 0 saturated heterocycles. The van der Waals surface area contributed by atoms with Crippen LogP contribution in [0, 0.1) is 5.92 Å². The number of anilines is 1. The molecular weight excluding hydrogens is 232 g/mol. The van der Waals surface area contributed by atoms with Gasteiger partial charge in [0, 0.05) is 24.8 Å². The molecule has 1 aromatic rings. The van der Waals surface area contributed by atoms with Crippen molar-refractivity contribution >= 4 is 5.69 Å². The van der Waals surface area contributed by atoms with Crippen LogP contribution in [0.1, 0.15) is 39.0 Å². The van der Waals surface area contributed by atoms with Gasteiger partial charge in [0.1, 0.15) is 0 Å². The topological polar surface area (TPSA) is 15.3 Å². The molecule has 0 atom stereocenters. The smallest absolute Gasteiger partial charge is 0.0340 e. The third-order valence-corrected chi connectivity index (χ3v) is 4.58. The highest BCUT2D eigenvalue weighted by Gasteiger charge is 2.22. The standard InChI is InChI=1S/C17H28N2/c1-3-15-9-11-17(12-10-15)19(2)14-13-18-16-7-5-4-6-8-16/h4-8,15,17-18H,3,9-14H2,1-2H3. The minimum absolute atomic E-state index is 0.806. The Morgan fingerprint density at radius 1 is 1.11 bits per heavy atom. The monoisotopic (exact) mass is 260 g/mol. The fraction of sp³-hybridized carbons (Fsp3) is 0.647. The highest BCUT2D eigenvalue weighted by Crippen LogP contribution is 2.28. The Labute approximate surface area is 118 Å². The Hall–Kier alpha value is -1.02. The number of benzene rings is 1. The molecule has 1 fully saturated rings. The molecule has 1 N–H and O–H groups in total. The Kier molecular flexibility index (Phi) is 5.71. The molecule has 0 heterocycles. The van der Waals surface area contributed by atoms with Gasteiger partial charge < -0.3 is 10.2 Å². The predicted molar refractivity (Wildman–Crippen MR) is 83.6 cm³/mol. The number of hydrogen-bond acceptors (Lipinski definition) is 2. The third-order valence-electron chi connectivity index (χ3n) is 4.58. The van der Waals surface area contributed by atoms with Gasteiger partial charge in [-0.3, -0.25) is 0 Å². The molecule has 0 spiro atoms. The molecular formula is C17H28N2. The van der Waals surface area contributed by atoms with Crippen molar-refractivity contribution in [1.82, 2.24) is 4.90 Å². The van der Waals surface area contributed by atoms with Crippen molar-refractivity contribution in [3.05, 3.63) is 30.3 Å². The van der Waals surface area contributed by atoms with Crippen LogP contribution < -0.4 is 5.32 Å². The quantitative estimate of drug-likeness (QED) is 0.831. The molecule has 0 radical (unpaired) electrons. The van der Waals surface area contributed by atoms with E-state index in [0.717, 1.165) is 25.0 Å². The lowest BCUT2D eigenvalue weighted by Gasteiger charge is -2.34. The minimum Gasteiger partial charge on any atom is -0.384 e. The van der Waals surface area contributed by atoms with Gasteiger partial charge in [-0.1, -0.05) is 31.5 Å². The lowest BCUT2D eigenvalue weighted by molar-refractivity contribution is 0.168. The summed E-state index contributed by atoms with van der Waals surface area (Å²) in [6.07, 6.45) is 7.00. The van der Waals surface area contributed by atoms with E-state index >= 15 is 0 Å². The number of rotatable bonds is 6. The van der Waals surface area contributed by atoms with Crippen LogP contribution in [0.15, 0.2) is 30.3 Å². The van der Waals surface area contributed by atoms with E-state index in [0.29, 0.717) is 0 Å². The molecule has 0 unspecified atom stereocenters. The maximum atomic E-state index is 3.49. The van der Waals surface area contributed by atoms with E-state index in [2.05, 4.69) is 54.5 Å². The van der Waals surface area contributed by atoms with E-state index in [-0.39, 0.29) is 0 Å². The highest BCUT2D eigenvalue weighted by atomic mass is 15.1. The van der Waals surface area contributed by atoms with Crippen molar-refractivity contribution in [3.8, 4) is 0 Å². The Morgan fingerprint density at radius 2 is 1.79 bits per heavy atom. The molecule has 0 aliphatic heterocycles. The first-order chi connectivity index (χ1) is 9.29. The first-order valence-electron chi connectivity index (χ1n) is 7.78. The fourth-order valence-electron chi connectivity index (χ4n) is 3.11. The summed E-state index contributed by atoms with van der Waals surface area (Å²) in [4.78, 5) is 2.54. The summed E-state index contributed by atoms with van der Waals surface area (Å²) < 4.78 is 0. The summed E-state index contributed by atoms with van der Waals surface area (Å²) in [7, 11) is 2.28. The largest absolute Gasteiger partial charge is 0.384 e. The first-order valence-corrected chi connectivity index (χ1v) is 7.78. The fourth-order valence-corrected chi connectivity index (χ4v) is 3.11. The van der Waals surface area contributed by atoms with Crippen LogP contribution >= 0.6 is 0 Å². The molecule has 2 nitrogen and oxygen atoms in total. The van der Waals surface area contributed by atoms with Gasteiger partial charge in [-0.15, -0.1) is 0 Å². The van der Waals surface area contributed by atoms with E-state index < -0.39 is 0 Å².